The molecule has 6 nitrogen and oxygen atoms in total. The Balaban J connectivity index is 3.19. The summed E-state index contributed by atoms with van der Waals surface area (Å²) in [6, 6.07) is 7.23. The number of benzene rings is 1. The number of hydrogen-bond acceptors (Lipinski definition) is 6. The Labute approximate surface area is 117 Å². The first-order valence-electron chi connectivity index (χ1n) is 5.91. The molecule has 1 aromatic carbocycles. The van der Waals surface area contributed by atoms with Gasteiger partial charge in [0.1, 0.15) is 19.2 Å². The fourth-order valence-corrected chi connectivity index (χ4v) is 1.82. The van der Waals surface area contributed by atoms with E-state index in [0.29, 0.717) is 11.3 Å². The number of carbonyl (C=O) groups is 2. The van der Waals surface area contributed by atoms with Gasteiger partial charge in [-0.15, -0.1) is 0 Å². The fourth-order valence-electron chi connectivity index (χ4n) is 1.82. The van der Waals surface area contributed by atoms with Crippen LogP contribution in [0, 0.1) is 18.3 Å². The molecule has 0 saturated carbocycles. The summed E-state index contributed by atoms with van der Waals surface area (Å²) in [5.41, 5.74) is 1.71. The summed E-state index contributed by atoms with van der Waals surface area (Å²) in [4.78, 5) is 24.4. The van der Waals surface area contributed by atoms with E-state index in [1.165, 1.54) is 19.1 Å². The van der Waals surface area contributed by atoms with Crippen LogP contribution >= 0.6 is 0 Å². The summed E-state index contributed by atoms with van der Waals surface area (Å²) >= 11 is 0. The molecule has 0 atom stereocenters. The number of methoxy groups -OCH3 is 2. The highest BCUT2D eigenvalue weighted by Crippen LogP contribution is 2.24. The van der Waals surface area contributed by atoms with Crippen molar-refractivity contribution < 1.29 is 19.1 Å². The van der Waals surface area contributed by atoms with Crippen molar-refractivity contribution in [2.75, 3.05) is 32.2 Å². The zero-order valence-electron chi connectivity index (χ0n) is 11.7. The third kappa shape index (κ3) is 3.72. The Bertz CT molecular complexity index is 531. The Morgan fingerprint density at radius 3 is 2.20 bits per heavy atom. The number of nitriles is 1. The first-order valence-corrected chi connectivity index (χ1v) is 5.91. The predicted molar refractivity (Wildman–Crippen MR) is 72.1 cm³/mol. The quantitative estimate of drug-likeness (QED) is 0.747. The molecule has 0 bridgehead atoms. The second-order valence-electron chi connectivity index (χ2n) is 4.09. The smallest absolute Gasteiger partial charge is 0.325 e. The van der Waals surface area contributed by atoms with Crippen molar-refractivity contribution >= 4 is 17.6 Å². The number of ether oxygens (including phenoxy) is 2. The van der Waals surface area contributed by atoms with E-state index in [1.807, 2.05) is 0 Å². The minimum atomic E-state index is -0.499. The maximum absolute atomic E-state index is 11.5. The molecule has 0 aromatic heterocycles. The lowest BCUT2D eigenvalue weighted by atomic mass is 10.1. The van der Waals surface area contributed by atoms with Gasteiger partial charge in [-0.05, 0) is 18.6 Å². The lowest BCUT2D eigenvalue weighted by Gasteiger charge is -2.24. The van der Waals surface area contributed by atoms with Crippen LogP contribution in [0.25, 0.3) is 0 Å². The molecule has 0 spiro atoms. The topological polar surface area (TPSA) is 79.6 Å². The van der Waals surface area contributed by atoms with Gasteiger partial charge in [-0.25, -0.2) is 0 Å². The molecule has 0 aliphatic carbocycles. The molecule has 6 heteroatoms. The molecule has 106 valence electrons. The summed E-state index contributed by atoms with van der Waals surface area (Å²) in [5.74, 6) is -0.998. The number of aryl methyl sites for hydroxylation is 1. The van der Waals surface area contributed by atoms with E-state index in [4.69, 9.17) is 5.26 Å². The van der Waals surface area contributed by atoms with E-state index in [9.17, 15) is 9.59 Å². The van der Waals surface area contributed by atoms with Gasteiger partial charge in [0.15, 0.2) is 0 Å². The van der Waals surface area contributed by atoms with Crippen molar-refractivity contribution in [1.29, 1.82) is 5.26 Å². The van der Waals surface area contributed by atoms with Crippen LogP contribution in [0.5, 0.6) is 0 Å². The van der Waals surface area contributed by atoms with Gasteiger partial charge in [0, 0.05) is 0 Å². The van der Waals surface area contributed by atoms with Crippen molar-refractivity contribution in [3.63, 3.8) is 0 Å². The molecule has 0 N–H and O–H groups in total. The summed E-state index contributed by atoms with van der Waals surface area (Å²) in [5, 5.41) is 9.17. The largest absolute Gasteiger partial charge is 0.468 e. The highest BCUT2D eigenvalue weighted by atomic mass is 16.5. The van der Waals surface area contributed by atoms with Crippen molar-refractivity contribution in [2.45, 2.75) is 6.92 Å². The average molecular weight is 276 g/mol. The van der Waals surface area contributed by atoms with Gasteiger partial charge in [0.25, 0.3) is 0 Å². The summed E-state index contributed by atoms with van der Waals surface area (Å²) < 4.78 is 9.23. The van der Waals surface area contributed by atoms with Gasteiger partial charge < -0.3 is 14.4 Å². The van der Waals surface area contributed by atoms with Crippen molar-refractivity contribution in [3.05, 3.63) is 29.3 Å². The van der Waals surface area contributed by atoms with Crippen LogP contribution in [0.1, 0.15) is 11.1 Å². The van der Waals surface area contributed by atoms with Crippen LogP contribution in [0.15, 0.2) is 18.2 Å². The maximum Gasteiger partial charge on any atom is 0.325 e. The third-order valence-corrected chi connectivity index (χ3v) is 2.77. The van der Waals surface area contributed by atoms with E-state index in [2.05, 4.69) is 15.5 Å². The number of hydrogen-bond donors (Lipinski definition) is 0. The van der Waals surface area contributed by atoms with Crippen LogP contribution in [0.4, 0.5) is 5.69 Å². The molecule has 0 amide bonds. The summed E-state index contributed by atoms with van der Waals surface area (Å²) in [6.07, 6.45) is 0. The second-order valence-corrected chi connectivity index (χ2v) is 4.09. The Hall–Kier alpha value is -2.55. The van der Waals surface area contributed by atoms with E-state index >= 15 is 0 Å². The fraction of sp³-hybridized carbons (Fsp3) is 0.357. The van der Waals surface area contributed by atoms with Crippen molar-refractivity contribution in [3.8, 4) is 6.07 Å². The normalized spacial score (nSPS) is 9.50. The van der Waals surface area contributed by atoms with Gasteiger partial charge in [0.2, 0.25) is 0 Å². The second kappa shape index (κ2) is 7.14. The molecule has 0 aliphatic heterocycles. The number of para-hydroxylation sites is 1. The molecule has 20 heavy (non-hydrogen) atoms. The maximum atomic E-state index is 11.5. The SMILES string of the molecule is COC(=O)CN(CC(=O)OC)c1c(C)cccc1C#N. The zero-order chi connectivity index (χ0) is 15.1. The van der Waals surface area contributed by atoms with Crippen LogP contribution in [-0.4, -0.2) is 39.2 Å². The molecule has 0 saturated heterocycles. The minimum Gasteiger partial charge on any atom is -0.468 e. The van der Waals surface area contributed by atoms with E-state index in [-0.39, 0.29) is 13.1 Å². The van der Waals surface area contributed by atoms with E-state index in [0.717, 1.165) is 5.56 Å². The van der Waals surface area contributed by atoms with Gasteiger partial charge in [-0.3, -0.25) is 9.59 Å². The summed E-state index contributed by atoms with van der Waals surface area (Å²) in [6.45, 7) is 1.54. The van der Waals surface area contributed by atoms with E-state index < -0.39 is 11.9 Å². The van der Waals surface area contributed by atoms with Gasteiger partial charge in [-0.1, -0.05) is 12.1 Å². The number of esters is 2. The Kier molecular flexibility index (Phi) is 5.54. The zero-order valence-corrected chi connectivity index (χ0v) is 11.7. The van der Waals surface area contributed by atoms with Crippen LogP contribution < -0.4 is 4.90 Å². The molecule has 1 rings (SSSR count). The molecular weight excluding hydrogens is 260 g/mol. The Morgan fingerprint density at radius 2 is 1.75 bits per heavy atom. The Morgan fingerprint density at radius 1 is 1.20 bits per heavy atom. The first-order chi connectivity index (χ1) is 9.53. The van der Waals surface area contributed by atoms with Crippen molar-refractivity contribution in [2.24, 2.45) is 0 Å². The predicted octanol–water partition coefficient (Wildman–Crippen LogP) is 1.02. The highest BCUT2D eigenvalue weighted by molar-refractivity contribution is 5.83. The molecular formula is C14H16N2O4. The standard InChI is InChI=1S/C14H16N2O4/c1-10-5-4-6-11(7-15)14(10)16(8-12(17)19-2)9-13(18)20-3/h4-6H,8-9H2,1-3H3. The van der Waals surface area contributed by atoms with Gasteiger partial charge in [-0.2, -0.15) is 5.26 Å². The monoisotopic (exact) mass is 276 g/mol. The number of anilines is 1. The van der Waals surface area contributed by atoms with Crippen molar-refractivity contribution in [1.82, 2.24) is 0 Å². The summed E-state index contributed by atoms with van der Waals surface area (Å²) in [7, 11) is 2.53. The average Bonchev–Trinajstić information content (AvgIpc) is 2.45. The molecule has 0 aliphatic rings. The van der Waals surface area contributed by atoms with Gasteiger partial charge in [0.05, 0.1) is 25.5 Å². The third-order valence-electron chi connectivity index (χ3n) is 2.77. The molecule has 1 aromatic rings. The number of rotatable bonds is 5. The highest BCUT2D eigenvalue weighted by Gasteiger charge is 2.20. The minimum absolute atomic E-state index is 0.134. The number of nitrogens with zero attached hydrogens (tertiary/aromatic N) is 2. The molecule has 0 unspecified atom stereocenters. The lowest BCUT2D eigenvalue weighted by molar-refractivity contribution is -0.140. The number of carbonyl (C=O) groups excluding carboxylic acids is 2. The lowest BCUT2D eigenvalue weighted by Crippen LogP contribution is -2.36. The molecule has 0 fully saturated rings. The van der Waals surface area contributed by atoms with Crippen LogP contribution in [0.2, 0.25) is 0 Å². The first kappa shape index (κ1) is 15.5. The van der Waals surface area contributed by atoms with Gasteiger partial charge >= 0.3 is 11.9 Å². The molecule has 0 heterocycles. The van der Waals surface area contributed by atoms with E-state index in [1.54, 1.807) is 25.1 Å². The van der Waals surface area contributed by atoms with Crippen LogP contribution in [0.3, 0.4) is 0 Å². The van der Waals surface area contributed by atoms with Crippen LogP contribution in [-0.2, 0) is 19.1 Å². The molecule has 0 radical (unpaired) electrons.